The molecule has 3 N–H and O–H groups in total. The van der Waals surface area contributed by atoms with E-state index in [1.54, 1.807) is 22.9 Å². The second-order valence-corrected chi connectivity index (χ2v) is 7.88. The molecule has 0 fully saturated rings. The highest BCUT2D eigenvalue weighted by atomic mass is 16.3. The lowest BCUT2D eigenvalue weighted by Gasteiger charge is -2.32. The number of benzene rings is 3. The van der Waals surface area contributed by atoms with Crippen molar-refractivity contribution in [3.8, 4) is 16.9 Å². The van der Waals surface area contributed by atoms with E-state index in [1.807, 2.05) is 74.0 Å². The zero-order chi connectivity index (χ0) is 22.7. The highest BCUT2D eigenvalue weighted by Gasteiger charge is 2.22. The Morgan fingerprint density at radius 1 is 1.06 bits per heavy atom. The number of carbonyl (C=O) groups excluding carboxylic acids is 1. The summed E-state index contributed by atoms with van der Waals surface area (Å²) in [5, 5.41) is 15.1. The number of amides is 1. The first-order valence-corrected chi connectivity index (χ1v) is 10.4. The van der Waals surface area contributed by atoms with Crippen molar-refractivity contribution in [3.05, 3.63) is 102 Å². The van der Waals surface area contributed by atoms with Crippen LogP contribution in [0.1, 0.15) is 34.5 Å². The van der Waals surface area contributed by atoms with Gasteiger partial charge in [0.2, 0.25) is 5.91 Å². The third kappa shape index (κ3) is 4.49. The van der Waals surface area contributed by atoms with E-state index in [0.717, 1.165) is 27.9 Å². The predicted molar refractivity (Wildman–Crippen MR) is 126 cm³/mol. The van der Waals surface area contributed by atoms with Crippen LogP contribution >= 0.6 is 0 Å². The molecule has 4 aromatic rings. The molecular weight excluding hydrogens is 400 g/mol. The Kier molecular flexibility index (Phi) is 5.94. The molecule has 0 aliphatic heterocycles. The minimum atomic E-state index is -0.453. The van der Waals surface area contributed by atoms with Gasteiger partial charge in [0.25, 0.3) is 0 Å². The van der Waals surface area contributed by atoms with Crippen LogP contribution in [0.25, 0.3) is 11.1 Å². The van der Waals surface area contributed by atoms with Crippen molar-refractivity contribution < 1.29 is 9.90 Å². The Bertz CT molecular complexity index is 1220. The Balaban J connectivity index is 1.76. The van der Waals surface area contributed by atoms with Gasteiger partial charge < -0.3 is 15.7 Å². The van der Waals surface area contributed by atoms with Crippen molar-refractivity contribution in [2.24, 2.45) is 12.8 Å². The van der Waals surface area contributed by atoms with Gasteiger partial charge in [0.05, 0.1) is 17.9 Å². The van der Waals surface area contributed by atoms with Crippen LogP contribution in [-0.4, -0.2) is 20.8 Å². The summed E-state index contributed by atoms with van der Waals surface area (Å²) in [4.78, 5) is 13.6. The number of hydrogen-bond donors (Lipinski definition) is 2. The topological polar surface area (TPSA) is 84.4 Å². The monoisotopic (exact) mass is 426 g/mol. The molecule has 1 atom stereocenters. The van der Waals surface area contributed by atoms with Crippen LogP contribution in [0.15, 0.2) is 85.2 Å². The smallest absolute Gasteiger partial charge is 0.248 e. The highest BCUT2D eigenvalue weighted by Crippen LogP contribution is 2.38. The van der Waals surface area contributed by atoms with Gasteiger partial charge in [0.1, 0.15) is 5.75 Å². The Morgan fingerprint density at radius 2 is 1.78 bits per heavy atom. The normalized spacial score (nSPS) is 11.8. The van der Waals surface area contributed by atoms with Gasteiger partial charge in [-0.15, -0.1) is 0 Å². The average molecular weight is 427 g/mol. The Labute approximate surface area is 187 Å². The van der Waals surface area contributed by atoms with E-state index in [0.29, 0.717) is 12.1 Å². The van der Waals surface area contributed by atoms with Crippen LogP contribution in [0, 0.1) is 0 Å². The van der Waals surface area contributed by atoms with Crippen molar-refractivity contribution in [1.82, 2.24) is 9.78 Å². The summed E-state index contributed by atoms with van der Waals surface area (Å²) in [5.74, 6) is -0.250. The number of nitrogens with zero attached hydrogens (tertiary/aromatic N) is 3. The molecule has 0 radical (unpaired) electrons. The van der Waals surface area contributed by atoms with Gasteiger partial charge in [0.15, 0.2) is 0 Å². The zero-order valence-electron chi connectivity index (χ0n) is 18.1. The molecule has 1 amide bonds. The molecule has 1 heterocycles. The molecule has 6 nitrogen and oxygen atoms in total. The minimum Gasteiger partial charge on any atom is -0.506 e. The Morgan fingerprint density at radius 3 is 2.41 bits per heavy atom. The molecule has 0 aliphatic rings. The molecule has 32 heavy (non-hydrogen) atoms. The molecule has 3 aromatic carbocycles. The predicted octanol–water partition coefficient (Wildman–Crippen LogP) is 4.66. The first kappa shape index (κ1) is 21.2. The molecule has 0 saturated carbocycles. The molecule has 6 heteroatoms. The zero-order valence-corrected chi connectivity index (χ0v) is 18.1. The minimum absolute atomic E-state index is 0.0589. The van der Waals surface area contributed by atoms with Crippen LogP contribution in [0.5, 0.6) is 5.75 Å². The second-order valence-electron chi connectivity index (χ2n) is 7.88. The molecule has 0 spiro atoms. The number of nitrogens with two attached hydrogens (primary N) is 1. The van der Waals surface area contributed by atoms with Crippen molar-refractivity contribution in [3.63, 3.8) is 0 Å². The molecule has 0 aliphatic carbocycles. The maximum absolute atomic E-state index is 11.4. The first-order chi connectivity index (χ1) is 15.4. The standard InChI is InChI=1S/C26H26N4O2/c1-18(23-15-28-29(2)17-23)30(16-19-8-10-21(11-9-19)26(27)32)24-14-22(12-13-25(24)31)20-6-4-3-5-7-20/h3-15,17-18,31H,16H2,1-2H3,(H2,27,32). The Hall–Kier alpha value is -4.06. The van der Waals surface area contributed by atoms with E-state index >= 15 is 0 Å². The third-order valence-corrected chi connectivity index (χ3v) is 5.66. The summed E-state index contributed by atoms with van der Waals surface area (Å²) < 4.78 is 1.77. The van der Waals surface area contributed by atoms with Crippen molar-refractivity contribution in [1.29, 1.82) is 0 Å². The van der Waals surface area contributed by atoms with Crippen LogP contribution < -0.4 is 10.6 Å². The number of primary amides is 1. The summed E-state index contributed by atoms with van der Waals surface area (Å²) in [5.41, 5.74) is 10.7. The molecule has 1 aromatic heterocycles. The highest BCUT2D eigenvalue weighted by molar-refractivity contribution is 5.92. The third-order valence-electron chi connectivity index (χ3n) is 5.66. The maximum atomic E-state index is 11.4. The van der Waals surface area contributed by atoms with Gasteiger partial charge in [0, 0.05) is 30.9 Å². The summed E-state index contributed by atoms with van der Waals surface area (Å²) in [7, 11) is 1.89. The average Bonchev–Trinajstić information content (AvgIpc) is 3.25. The summed E-state index contributed by atoms with van der Waals surface area (Å²) in [6.07, 6.45) is 3.82. The number of phenols is 1. The fraction of sp³-hybridized carbons (Fsp3) is 0.154. The van der Waals surface area contributed by atoms with Gasteiger partial charge in [-0.05, 0) is 47.9 Å². The lowest BCUT2D eigenvalue weighted by atomic mass is 10.0. The van der Waals surface area contributed by atoms with Crippen LogP contribution in [0.2, 0.25) is 0 Å². The number of aromatic nitrogens is 2. The fourth-order valence-corrected chi connectivity index (χ4v) is 3.80. The first-order valence-electron chi connectivity index (χ1n) is 10.4. The van der Waals surface area contributed by atoms with Crippen molar-refractivity contribution >= 4 is 11.6 Å². The molecule has 1 unspecified atom stereocenters. The lowest BCUT2D eigenvalue weighted by molar-refractivity contribution is 0.100. The van der Waals surface area contributed by atoms with Crippen LogP contribution in [-0.2, 0) is 13.6 Å². The van der Waals surface area contributed by atoms with E-state index in [-0.39, 0.29) is 11.8 Å². The number of aromatic hydroxyl groups is 1. The van der Waals surface area contributed by atoms with Crippen molar-refractivity contribution in [2.45, 2.75) is 19.5 Å². The van der Waals surface area contributed by atoms with Gasteiger partial charge >= 0.3 is 0 Å². The SMILES string of the molecule is CC(c1cnn(C)c1)N(Cc1ccc(C(N)=O)cc1)c1cc(-c2ccccc2)ccc1O. The van der Waals surface area contributed by atoms with Crippen LogP contribution in [0.4, 0.5) is 5.69 Å². The van der Waals surface area contributed by atoms with Gasteiger partial charge in [-0.2, -0.15) is 5.10 Å². The largest absolute Gasteiger partial charge is 0.506 e. The number of carbonyl (C=O) groups is 1. The number of rotatable bonds is 7. The van der Waals surface area contributed by atoms with E-state index in [2.05, 4.69) is 16.9 Å². The van der Waals surface area contributed by atoms with Crippen molar-refractivity contribution in [2.75, 3.05) is 4.90 Å². The van der Waals surface area contributed by atoms with Gasteiger partial charge in [-0.1, -0.05) is 48.5 Å². The number of hydrogen-bond acceptors (Lipinski definition) is 4. The van der Waals surface area contributed by atoms with Crippen LogP contribution in [0.3, 0.4) is 0 Å². The van der Waals surface area contributed by atoms with E-state index in [9.17, 15) is 9.90 Å². The lowest BCUT2D eigenvalue weighted by Crippen LogP contribution is -2.26. The van der Waals surface area contributed by atoms with E-state index < -0.39 is 5.91 Å². The summed E-state index contributed by atoms with van der Waals surface area (Å²) in [6.45, 7) is 2.62. The van der Waals surface area contributed by atoms with Gasteiger partial charge in [-0.25, -0.2) is 0 Å². The van der Waals surface area contributed by atoms with E-state index in [1.165, 1.54) is 0 Å². The maximum Gasteiger partial charge on any atom is 0.248 e. The molecule has 4 rings (SSSR count). The van der Waals surface area contributed by atoms with E-state index in [4.69, 9.17) is 5.73 Å². The summed E-state index contributed by atoms with van der Waals surface area (Å²) >= 11 is 0. The molecule has 0 saturated heterocycles. The molecule has 162 valence electrons. The molecule has 0 bridgehead atoms. The summed E-state index contributed by atoms with van der Waals surface area (Å²) in [6, 6.07) is 22.9. The number of anilines is 1. The molecular formula is C26H26N4O2. The van der Waals surface area contributed by atoms with Gasteiger partial charge in [-0.3, -0.25) is 9.48 Å². The number of phenolic OH excluding ortho intramolecular Hbond substituents is 1. The second kappa shape index (κ2) is 8.98. The quantitative estimate of drug-likeness (QED) is 0.450. The fourth-order valence-electron chi connectivity index (χ4n) is 3.80. The number of aryl methyl sites for hydroxylation is 1.